The summed E-state index contributed by atoms with van der Waals surface area (Å²) in [5.41, 5.74) is 0.855. The van der Waals surface area contributed by atoms with E-state index in [9.17, 15) is 10.1 Å². The van der Waals surface area contributed by atoms with Crippen molar-refractivity contribution in [2.45, 2.75) is 11.9 Å². The molecule has 0 aliphatic heterocycles. The molecule has 94 valence electrons. The normalized spacial score (nSPS) is 10.3. The van der Waals surface area contributed by atoms with Crippen molar-refractivity contribution < 1.29 is 9.66 Å². The van der Waals surface area contributed by atoms with Crippen molar-refractivity contribution >= 4 is 33.0 Å². The van der Waals surface area contributed by atoms with Gasteiger partial charge in [-0.2, -0.15) is 0 Å². The molecule has 0 amide bonds. The van der Waals surface area contributed by atoms with Crippen LogP contribution in [0, 0.1) is 10.1 Å². The predicted octanol–water partition coefficient (Wildman–Crippen LogP) is 4.13. The summed E-state index contributed by atoms with van der Waals surface area (Å²) < 4.78 is 5.50. The number of benzene rings is 1. The number of alkyl halides is 1. The average molecular weight is 328 g/mol. The Balaban J connectivity index is 2.18. The van der Waals surface area contributed by atoms with Crippen LogP contribution in [0.5, 0.6) is 5.75 Å². The van der Waals surface area contributed by atoms with Crippen LogP contribution in [0.3, 0.4) is 0 Å². The lowest BCUT2D eigenvalue weighted by molar-refractivity contribution is -0.386. The molecule has 0 saturated heterocycles. The van der Waals surface area contributed by atoms with E-state index in [4.69, 9.17) is 4.74 Å². The van der Waals surface area contributed by atoms with Crippen LogP contribution in [0.15, 0.2) is 35.7 Å². The van der Waals surface area contributed by atoms with Crippen LogP contribution in [-0.4, -0.2) is 4.92 Å². The molecule has 0 spiro atoms. The van der Waals surface area contributed by atoms with Gasteiger partial charge in [0, 0.05) is 16.3 Å². The van der Waals surface area contributed by atoms with Gasteiger partial charge >= 0.3 is 5.69 Å². The highest BCUT2D eigenvalue weighted by Crippen LogP contribution is 2.29. The Morgan fingerprint density at radius 3 is 2.83 bits per heavy atom. The van der Waals surface area contributed by atoms with Crippen LogP contribution in [0.25, 0.3) is 0 Å². The van der Waals surface area contributed by atoms with Crippen LogP contribution in [0.1, 0.15) is 10.4 Å². The molecule has 0 aliphatic rings. The second kappa shape index (κ2) is 5.97. The van der Waals surface area contributed by atoms with Crippen LogP contribution in [0.4, 0.5) is 5.69 Å². The van der Waals surface area contributed by atoms with Gasteiger partial charge in [-0.3, -0.25) is 10.1 Å². The maximum absolute atomic E-state index is 11.0. The van der Waals surface area contributed by atoms with E-state index >= 15 is 0 Å². The second-order valence-electron chi connectivity index (χ2n) is 3.56. The monoisotopic (exact) mass is 327 g/mol. The van der Waals surface area contributed by atoms with Crippen molar-refractivity contribution in [3.8, 4) is 5.75 Å². The average Bonchev–Trinajstić information content (AvgIpc) is 2.89. The molecular weight excluding hydrogens is 318 g/mol. The highest BCUT2D eigenvalue weighted by Gasteiger charge is 2.15. The van der Waals surface area contributed by atoms with Crippen LogP contribution in [-0.2, 0) is 11.9 Å². The largest absolute Gasteiger partial charge is 0.481 e. The molecule has 0 radical (unpaired) electrons. The Morgan fingerprint density at radius 2 is 2.22 bits per heavy atom. The topological polar surface area (TPSA) is 52.4 Å². The minimum absolute atomic E-state index is 0.00325. The molecule has 2 rings (SSSR count). The fourth-order valence-electron chi connectivity index (χ4n) is 1.45. The zero-order valence-electron chi connectivity index (χ0n) is 9.34. The molecule has 18 heavy (non-hydrogen) atoms. The molecule has 1 aromatic carbocycles. The van der Waals surface area contributed by atoms with Gasteiger partial charge in [0.25, 0.3) is 0 Å². The molecule has 6 heteroatoms. The molecule has 0 bridgehead atoms. The SMILES string of the molecule is O=[N+]([O-])c1cc(CBr)ccc1OCc1cccs1. The standard InChI is InChI=1S/C12H10BrNO3S/c13-7-9-3-4-12(11(6-9)14(15)16)17-8-10-2-1-5-18-10/h1-6H,7-8H2. The first kappa shape index (κ1) is 13.0. The zero-order chi connectivity index (χ0) is 13.0. The first-order chi connectivity index (χ1) is 8.70. The lowest BCUT2D eigenvalue weighted by atomic mass is 10.2. The van der Waals surface area contributed by atoms with Crippen LogP contribution < -0.4 is 4.74 Å². The van der Waals surface area contributed by atoms with Crippen molar-refractivity contribution in [1.82, 2.24) is 0 Å². The fourth-order valence-corrected chi connectivity index (χ4v) is 2.42. The number of hydrogen-bond donors (Lipinski definition) is 0. The molecule has 0 saturated carbocycles. The molecule has 1 heterocycles. The van der Waals surface area contributed by atoms with Crippen molar-refractivity contribution in [2.24, 2.45) is 0 Å². The third-order valence-electron chi connectivity index (χ3n) is 2.32. The number of hydrogen-bond acceptors (Lipinski definition) is 4. The summed E-state index contributed by atoms with van der Waals surface area (Å²) in [7, 11) is 0. The fraction of sp³-hybridized carbons (Fsp3) is 0.167. The summed E-state index contributed by atoms with van der Waals surface area (Å²) >= 11 is 4.84. The third-order valence-corrected chi connectivity index (χ3v) is 3.82. The van der Waals surface area contributed by atoms with Gasteiger partial charge in [-0.15, -0.1) is 11.3 Å². The number of thiophene rings is 1. The summed E-state index contributed by atoms with van der Waals surface area (Å²) in [6.45, 7) is 0.353. The molecule has 4 nitrogen and oxygen atoms in total. The summed E-state index contributed by atoms with van der Waals surface area (Å²) in [4.78, 5) is 11.6. The number of ether oxygens (including phenoxy) is 1. The Kier molecular flexibility index (Phi) is 4.33. The molecule has 0 aliphatic carbocycles. The van der Waals surface area contributed by atoms with Crippen molar-refractivity contribution in [3.63, 3.8) is 0 Å². The smallest absolute Gasteiger partial charge is 0.311 e. The van der Waals surface area contributed by atoms with E-state index in [2.05, 4.69) is 15.9 Å². The van der Waals surface area contributed by atoms with Crippen LogP contribution >= 0.6 is 27.3 Å². The molecule has 0 atom stereocenters. The van der Waals surface area contributed by atoms with Crippen molar-refractivity contribution in [1.29, 1.82) is 0 Å². The second-order valence-corrected chi connectivity index (χ2v) is 5.15. The molecule has 1 aromatic heterocycles. The van der Waals surface area contributed by atoms with E-state index in [1.54, 1.807) is 17.4 Å². The lowest BCUT2D eigenvalue weighted by Gasteiger charge is -2.06. The maximum atomic E-state index is 11.0. The summed E-state index contributed by atoms with van der Waals surface area (Å²) in [6, 6.07) is 8.83. The third kappa shape index (κ3) is 3.08. The Morgan fingerprint density at radius 1 is 1.39 bits per heavy atom. The number of nitro groups is 1. The van der Waals surface area contributed by atoms with Gasteiger partial charge in [0.1, 0.15) is 6.61 Å². The molecular formula is C12H10BrNO3S. The first-order valence-corrected chi connectivity index (χ1v) is 7.19. The summed E-state index contributed by atoms with van der Waals surface area (Å²) in [5, 5.41) is 13.5. The van der Waals surface area contributed by atoms with Gasteiger partial charge in [0.2, 0.25) is 0 Å². The van der Waals surface area contributed by atoms with E-state index < -0.39 is 4.92 Å². The lowest BCUT2D eigenvalue weighted by Crippen LogP contribution is -1.98. The van der Waals surface area contributed by atoms with E-state index in [1.165, 1.54) is 6.07 Å². The van der Waals surface area contributed by atoms with Crippen LogP contribution in [0.2, 0.25) is 0 Å². The van der Waals surface area contributed by atoms with Gasteiger partial charge in [-0.25, -0.2) is 0 Å². The minimum atomic E-state index is -0.421. The maximum Gasteiger partial charge on any atom is 0.311 e. The summed E-state index contributed by atoms with van der Waals surface area (Å²) in [6.07, 6.45) is 0. The quantitative estimate of drug-likeness (QED) is 0.471. The summed E-state index contributed by atoms with van der Waals surface area (Å²) in [5.74, 6) is 0.304. The Labute approximate surface area is 116 Å². The van der Waals surface area contributed by atoms with Gasteiger partial charge in [0.15, 0.2) is 5.75 Å². The number of rotatable bonds is 5. The highest BCUT2D eigenvalue weighted by molar-refractivity contribution is 9.08. The van der Waals surface area contributed by atoms with E-state index in [0.717, 1.165) is 10.4 Å². The number of nitro benzene ring substituents is 1. The van der Waals surface area contributed by atoms with Gasteiger partial charge in [-0.1, -0.05) is 28.1 Å². The number of halogens is 1. The van der Waals surface area contributed by atoms with E-state index in [-0.39, 0.29) is 5.69 Å². The van der Waals surface area contributed by atoms with Crippen molar-refractivity contribution in [3.05, 3.63) is 56.3 Å². The van der Waals surface area contributed by atoms with Gasteiger partial charge < -0.3 is 4.74 Å². The molecule has 0 unspecified atom stereocenters. The highest BCUT2D eigenvalue weighted by atomic mass is 79.9. The first-order valence-electron chi connectivity index (χ1n) is 5.19. The Bertz CT molecular complexity index is 542. The van der Waals surface area contributed by atoms with Gasteiger partial charge in [0.05, 0.1) is 4.92 Å². The molecule has 0 N–H and O–H groups in total. The Hall–Kier alpha value is -1.40. The molecule has 2 aromatic rings. The van der Waals surface area contributed by atoms with E-state index in [0.29, 0.717) is 17.7 Å². The minimum Gasteiger partial charge on any atom is -0.481 e. The predicted molar refractivity (Wildman–Crippen MR) is 74.4 cm³/mol. The van der Waals surface area contributed by atoms with Gasteiger partial charge in [-0.05, 0) is 23.1 Å². The zero-order valence-corrected chi connectivity index (χ0v) is 11.7. The molecule has 0 fully saturated rings. The number of nitrogens with zero attached hydrogens (tertiary/aromatic N) is 1. The van der Waals surface area contributed by atoms with E-state index in [1.807, 2.05) is 23.6 Å². The van der Waals surface area contributed by atoms with Crippen molar-refractivity contribution in [2.75, 3.05) is 0 Å².